The maximum atomic E-state index is 12.5. The molecule has 2 aliphatic rings. The SMILES string of the molecule is CC(=O)N(CCC(=O)N1CCC(NCC2CC2)CC1)Cc1ccccc1.Cl. The summed E-state index contributed by atoms with van der Waals surface area (Å²) in [5.41, 5.74) is 1.10. The van der Waals surface area contributed by atoms with Gasteiger partial charge in [0.05, 0.1) is 0 Å². The summed E-state index contributed by atoms with van der Waals surface area (Å²) >= 11 is 0. The van der Waals surface area contributed by atoms with Crippen molar-refractivity contribution in [3.8, 4) is 0 Å². The van der Waals surface area contributed by atoms with Crippen LogP contribution < -0.4 is 5.32 Å². The Balaban J connectivity index is 0.00000261. The lowest BCUT2D eigenvalue weighted by Crippen LogP contribution is -2.46. The van der Waals surface area contributed by atoms with Gasteiger partial charge in [0.1, 0.15) is 0 Å². The Kier molecular flexibility index (Phi) is 8.58. The molecule has 2 fully saturated rings. The van der Waals surface area contributed by atoms with Crippen LogP contribution in [0.4, 0.5) is 0 Å². The van der Waals surface area contributed by atoms with Crippen molar-refractivity contribution < 1.29 is 9.59 Å². The topological polar surface area (TPSA) is 52.7 Å². The molecule has 0 atom stereocenters. The molecule has 0 aromatic heterocycles. The second-order valence-electron chi connectivity index (χ2n) is 7.68. The summed E-state index contributed by atoms with van der Waals surface area (Å²) in [5.74, 6) is 1.09. The van der Waals surface area contributed by atoms with E-state index in [-0.39, 0.29) is 24.2 Å². The van der Waals surface area contributed by atoms with Crippen molar-refractivity contribution in [3.05, 3.63) is 35.9 Å². The predicted molar refractivity (Wildman–Crippen MR) is 110 cm³/mol. The Hall–Kier alpha value is -1.59. The van der Waals surface area contributed by atoms with E-state index in [1.807, 2.05) is 35.2 Å². The van der Waals surface area contributed by atoms with E-state index in [0.717, 1.165) is 44.0 Å². The fourth-order valence-corrected chi connectivity index (χ4v) is 3.53. The highest BCUT2D eigenvalue weighted by Gasteiger charge is 2.26. The lowest BCUT2D eigenvalue weighted by Gasteiger charge is -2.33. The van der Waals surface area contributed by atoms with Gasteiger partial charge < -0.3 is 15.1 Å². The summed E-state index contributed by atoms with van der Waals surface area (Å²) in [6.07, 6.45) is 5.24. The highest BCUT2D eigenvalue weighted by Crippen LogP contribution is 2.28. The fraction of sp³-hybridized carbons (Fsp3) is 0.619. The first-order chi connectivity index (χ1) is 12.6. The first-order valence-corrected chi connectivity index (χ1v) is 9.92. The van der Waals surface area contributed by atoms with Gasteiger partial charge in [0, 0.05) is 45.6 Å². The van der Waals surface area contributed by atoms with Crippen LogP contribution in [0.15, 0.2) is 30.3 Å². The van der Waals surface area contributed by atoms with Crippen molar-refractivity contribution in [2.24, 2.45) is 5.92 Å². The summed E-state index contributed by atoms with van der Waals surface area (Å²) in [6.45, 7) is 5.44. The van der Waals surface area contributed by atoms with Crippen LogP contribution in [0.5, 0.6) is 0 Å². The van der Waals surface area contributed by atoms with Gasteiger partial charge in [-0.1, -0.05) is 30.3 Å². The molecule has 150 valence electrons. The molecule has 6 heteroatoms. The number of rotatable bonds is 8. The number of piperidine rings is 1. The minimum absolute atomic E-state index is 0. The molecule has 1 N–H and O–H groups in total. The molecule has 3 rings (SSSR count). The lowest BCUT2D eigenvalue weighted by atomic mass is 10.0. The minimum atomic E-state index is 0. The van der Waals surface area contributed by atoms with Crippen molar-refractivity contribution in [1.82, 2.24) is 15.1 Å². The van der Waals surface area contributed by atoms with Gasteiger partial charge in [-0.15, -0.1) is 12.4 Å². The molecule has 1 aromatic rings. The molecule has 2 amide bonds. The van der Waals surface area contributed by atoms with Crippen molar-refractivity contribution in [2.75, 3.05) is 26.2 Å². The van der Waals surface area contributed by atoms with Gasteiger partial charge >= 0.3 is 0 Å². The standard InChI is InChI=1S/C21H31N3O2.ClH/c1-17(25)24(16-19-5-3-2-4-6-19)14-11-21(26)23-12-9-20(10-13-23)22-15-18-7-8-18;/h2-6,18,20,22H,7-16H2,1H3;1H. The molecule has 1 aromatic carbocycles. The smallest absolute Gasteiger partial charge is 0.224 e. The van der Waals surface area contributed by atoms with Crippen LogP contribution in [0.25, 0.3) is 0 Å². The Morgan fingerprint density at radius 3 is 2.37 bits per heavy atom. The number of carbonyl (C=O) groups is 2. The summed E-state index contributed by atoms with van der Waals surface area (Å²) in [7, 11) is 0. The molecule has 0 spiro atoms. The van der Waals surface area contributed by atoms with Gasteiger partial charge in [0.25, 0.3) is 0 Å². The van der Waals surface area contributed by atoms with Gasteiger partial charge in [-0.3, -0.25) is 9.59 Å². The molecule has 0 radical (unpaired) electrons. The van der Waals surface area contributed by atoms with Gasteiger partial charge in [0.15, 0.2) is 0 Å². The summed E-state index contributed by atoms with van der Waals surface area (Å²) < 4.78 is 0. The minimum Gasteiger partial charge on any atom is -0.343 e. The second-order valence-corrected chi connectivity index (χ2v) is 7.68. The average Bonchev–Trinajstić information content (AvgIpc) is 3.48. The Morgan fingerprint density at radius 1 is 1.11 bits per heavy atom. The summed E-state index contributed by atoms with van der Waals surface area (Å²) in [4.78, 5) is 28.2. The van der Waals surface area contributed by atoms with E-state index in [9.17, 15) is 9.59 Å². The van der Waals surface area contributed by atoms with Crippen LogP contribution in [-0.4, -0.2) is 53.8 Å². The summed E-state index contributed by atoms with van der Waals surface area (Å²) in [6, 6.07) is 10.5. The number of likely N-dealkylation sites (tertiary alicyclic amines) is 1. The predicted octanol–water partition coefficient (Wildman–Crippen LogP) is 2.84. The Morgan fingerprint density at radius 2 is 1.78 bits per heavy atom. The molecular formula is C21H32ClN3O2. The van der Waals surface area contributed by atoms with Crippen LogP contribution in [0.1, 0.15) is 44.6 Å². The van der Waals surface area contributed by atoms with E-state index >= 15 is 0 Å². The molecule has 1 heterocycles. The number of nitrogens with zero attached hydrogens (tertiary/aromatic N) is 2. The zero-order valence-electron chi connectivity index (χ0n) is 16.2. The highest BCUT2D eigenvalue weighted by atomic mass is 35.5. The monoisotopic (exact) mass is 393 g/mol. The molecule has 0 bridgehead atoms. The molecule has 1 saturated heterocycles. The third-order valence-electron chi connectivity index (χ3n) is 5.50. The van der Waals surface area contributed by atoms with E-state index in [4.69, 9.17) is 0 Å². The number of nitrogens with one attached hydrogen (secondary N) is 1. The quantitative estimate of drug-likeness (QED) is 0.738. The molecule has 1 aliphatic heterocycles. The van der Waals surface area contributed by atoms with Gasteiger partial charge in [-0.25, -0.2) is 0 Å². The molecule has 1 aliphatic carbocycles. The second kappa shape index (κ2) is 10.7. The largest absolute Gasteiger partial charge is 0.343 e. The average molecular weight is 394 g/mol. The molecule has 5 nitrogen and oxygen atoms in total. The highest BCUT2D eigenvalue weighted by molar-refractivity contribution is 5.85. The lowest BCUT2D eigenvalue weighted by molar-refractivity contribution is -0.134. The van der Waals surface area contributed by atoms with E-state index < -0.39 is 0 Å². The molecule has 0 unspecified atom stereocenters. The number of carbonyl (C=O) groups excluding carboxylic acids is 2. The first kappa shape index (κ1) is 21.7. The molecular weight excluding hydrogens is 362 g/mol. The first-order valence-electron chi connectivity index (χ1n) is 9.92. The van der Waals surface area contributed by atoms with Crippen LogP contribution >= 0.6 is 12.4 Å². The van der Waals surface area contributed by atoms with E-state index in [0.29, 0.717) is 25.6 Å². The van der Waals surface area contributed by atoms with Crippen molar-refractivity contribution in [2.45, 2.75) is 51.6 Å². The van der Waals surface area contributed by atoms with Gasteiger partial charge in [-0.2, -0.15) is 0 Å². The Bertz CT molecular complexity index is 599. The van der Waals surface area contributed by atoms with Gasteiger partial charge in [-0.05, 0) is 43.7 Å². The third kappa shape index (κ3) is 7.15. The van der Waals surface area contributed by atoms with E-state index in [1.165, 1.54) is 12.8 Å². The number of amides is 2. The van der Waals surface area contributed by atoms with Crippen LogP contribution in [-0.2, 0) is 16.1 Å². The number of benzene rings is 1. The Labute approximate surface area is 168 Å². The van der Waals surface area contributed by atoms with Crippen molar-refractivity contribution in [1.29, 1.82) is 0 Å². The zero-order valence-corrected chi connectivity index (χ0v) is 17.0. The van der Waals surface area contributed by atoms with E-state index in [1.54, 1.807) is 11.8 Å². The number of hydrogen-bond donors (Lipinski definition) is 1. The third-order valence-corrected chi connectivity index (χ3v) is 5.50. The zero-order chi connectivity index (χ0) is 18.4. The normalized spacial score (nSPS) is 17.3. The van der Waals surface area contributed by atoms with Crippen LogP contribution in [0, 0.1) is 5.92 Å². The number of hydrogen-bond acceptors (Lipinski definition) is 3. The maximum absolute atomic E-state index is 12.5. The van der Waals surface area contributed by atoms with Crippen LogP contribution in [0.2, 0.25) is 0 Å². The molecule has 27 heavy (non-hydrogen) atoms. The van der Waals surface area contributed by atoms with E-state index in [2.05, 4.69) is 5.32 Å². The van der Waals surface area contributed by atoms with Crippen LogP contribution in [0.3, 0.4) is 0 Å². The summed E-state index contributed by atoms with van der Waals surface area (Å²) in [5, 5.41) is 3.64. The number of halogens is 1. The maximum Gasteiger partial charge on any atom is 0.224 e. The van der Waals surface area contributed by atoms with Crippen molar-refractivity contribution >= 4 is 24.2 Å². The van der Waals surface area contributed by atoms with Gasteiger partial charge in [0.2, 0.25) is 11.8 Å². The fourth-order valence-electron chi connectivity index (χ4n) is 3.53. The van der Waals surface area contributed by atoms with Crippen molar-refractivity contribution in [3.63, 3.8) is 0 Å². The molecule has 1 saturated carbocycles.